The number of pyridine rings is 1. The van der Waals surface area contributed by atoms with E-state index in [4.69, 9.17) is 9.47 Å². The summed E-state index contributed by atoms with van der Waals surface area (Å²) in [5, 5.41) is 21.9. The summed E-state index contributed by atoms with van der Waals surface area (Å²) in [6.07, 6.45) is 0.780. The van der Waals surface area contributed by atoms with Crippen molar-refractivity contribution in [3.8, 4) is 11.5 Å². The Hall–Kier alpha value is -1.92. The Morgan fingerprint density at radius 1 is 1.14 bits per heavy atom. The van der Waals surface area contributed by atoms with E-state index in [2.05, 4.69) is 0 Å². The van der Waals surface area contributed by atoms with E-state index in [9.17, 15) is 10.3 Å². The van der Waals surface area contributed by atoms with Gasteiger partial charge in [0.05, 0.1) is 12.7 Å². The molecule has 2 aromatic rings. The maximum absolute atomic E-state index is 11.5. The van der Waals surface area contributed by atoms with Gasteiger partial charge in [-0.15, -0.1) is 0 Å². The molecule has 6 heteroatoms. The number of nitrogens with zero attached hydrogens (tertiary/aromatic N) is 1. The quantitative estimate of drug-likeness (QED) is 0.459. The number of hydrogen-bond acceptors (Lipinski definition) is 5. The van der Waals surface area contributed by atoms with Crippen molar-refractivity contribution in [1.82, 2.24) is 0 Å². The van der Waals surface area contributed by atoms with Gasteiger partial charge in [-0.3, -0.25) is 0 Å². The Labute approximate surface area is 134 Å². The average Bonchev–Trinajstić information content (AvgIpc) is 2.54. The summed E-state index contributed by atoms with van der Waals surface area (Å²) < 4.78 is 11.6. The zero-order valence-corrected chi connectivity index (χ0v) is 13.2. The highest BCUT2D eigenvalue weighted by Gasteiger charge is 2.10. The van der Waals surface area contributed by atoms with Crippen molar-refractivity contribution in [1.29, 1.82) is 0 Å². The molecule has 0 spiro atoms. The largest absolute Gasteiger partial charge is 0.618 e. The SMILES string of the molecule is CCOc1ccc(OCC(O)CSc2cccc[n+]2[O-])cc1. The number of aliphatic hydroxyl groups is 1. The molecule has 0 saturated heterocycles. The van der Waals surface area contributed by atoms with Crippen LogP contribution >= 0.6 is 11.8 Å². The molecule has 0 saturated carbocycles. The first-order chi connectivity index (χ1) is 10.7. The van der Waals surface area contributed by atoms with Gasteiger partial charge in [-0.25, -0.2) is 0 Å². The van der Waals surface area contributed by atoms with E-state index in [0.29, 0.717) is 23.1 Å². The first-order valence-corrected chi connectivity index (χ1v) is 8.02. The number of rotatable bonds is 8. The first-order valence-electron chi connectivity index (χ1n) is 7.03. The Morgan fingerprint density at radius 3 is 2.45 bits per heavy atom. The molecular weight excluding hydrogens is 302 g/mol. The van der Waals surface area contributed by atoms with Crippen molar-refractivity contribution in [2.24, 2.45) is 0 Å². The number of thioether (sulfide) groups is 1. The molecular formula is C16H19NO4S. The minimum Gasteiger partial charge on any atom is -0.618 e. The lowest BCUT2D eigenvalue weighted by atomic mass is 10.3. The van der Waals surface area contributed by atoms with E-state index >= 15 is 0 Å². The van der Waals surface area contributed by atoms with Crippen LogP contribution in [0.3, 0.4) is 0 Å². The van der Waals surface area contributed by atoms with Gasteiger partial charge in [0.1, 0.15) is 18.1 Å². The molecule has 0 bridgehead atoms. The zero-order chi connectivity index (χ0) is 15.8. The van der Waals surface area contributed by atoms with E-state index in [1.165, 1.54) is 18.0 Å². The molecule has 0 fully saturated rings. The second-order valence-corrected chi connectivity index (χ2v) is 5.59. The number of ether oxygens (including phenoxy) is 2. The molecule has 118 valence electrons. The Morgan fingerprint density at radius 2 is 1.82 bits per heavy atom. The highest BCUT2D eigenvalue weighted by atomic mass is 32.2. The zero-order valence-electron chi connectivity index (χ0n) is 12.3. The standard InChI is InChI=1S/C16H19NO4S/c1-2-20-14-6-8-15(9-7-14)21-11-13(18)12-22-16-5-3-4-10-17(16)19/h3-10,13,18H,2,11-12H2,1H3. The van der Waals surface area contributed by atoms with Gasteiger partial charge in [-0.05, 0) is 37.3 Å². The maximum atomic E-state index is 11.5. The molecule has 0 aliphatic carbocycles. The van der Waals surface area contributed by atoms with Crippen molar-refractivity contribution in [3.63, 3.8) is 0 Å². The van der Waals surface area contributed by atoms with E-state index in [1.807, 2.05) is 19.1 Å². The van der Waals surface area contributed by atoms with E-state index in [-0.39, 0.29) is 6.61 Å². The highest BCUT2D eigenvalue weighted by molar-refractivity contribution is 7.99. The second kappa shape index (κ2) is 8.51. The fourth-order valence-corrected chi connectivity index (χ4v) is 2.57. The van der Waals surface area contributed by atoms with Gasteiger partial charge in [0.2, 0.25) is 0 Å². The van der Waals surface area contributed by atoms with Gasteiger partial charge < -0.3 is 19.8 Å². The normalized spacial score (nSPS) is 11.9. The summed E-state index contributed by atoms with van der Waals surface area (Å²) in [4.78, 5) is 0. The molecule has 1 unspecified atom stereocenters. The lowest BCUT2D eigenvalue weighted by Gasteiger charge is -2.12. The average molecular weight is 321 g/mol. The summed E-state index contributed by atoms with van der Waals surface area (Å²) in [7, 11) is 0. The molecule has 0 radical (unpaired) electrons. The maximum Gasteiger partial charge on any atom is 0.251 e. The van der Waals surface area contributed by atoms with Crippen LogP contribution in [0.25, 0.3) is 0 Å². The van der Waals surface area contributed by atoms with Crippen LogP contribution in [0.15, 0.2) is 53.7 Å². The van der Waals surface area contributed by atoms with Gasteiger partial charge in [0.25, 0.3) is 5.03 Å². The molecule has 0 amide bonds. The minimum atomic E-state index is -0.656. The Balaban J connectivity index is 1.75. The summed E-state index contributed by atoms with van der Waals surface area (Å²) in [5.41, 5.74) is 0. The predicted molar refractivity (Wildman–Crippen MR) is 85.2 cm³/mol. The smallest absolute Gasteiger partial charge is 0.251 e. The van der Waals surface area contributed by atoms with Crippen LogP contribution in [0.2, 0.25) is 0 Å². The molecule has 1 atom stereocenters. The van der Waals surface area contributed by atoms with Crippen molar-refractivity contribution < 1.29 is 19.3 Å². The summed E-state index contributed by atoms with van der Waals surface area (Å²) in [5.74, 6) is 1.85. The molecule has 0 aliphatic heterocycles. The molecule has 1 heterocycles. The van der Waals surface area contributed by atoms with E-state index < -0.39 is 6.10 Å². The van der Waals surface area contributed by atoms with Crippen LogP contribution in [0, 0.1) is 5.21 Å². The third-order valence-electron chi connectivity index (χ3n) is 2.79. The molecule has 2 rings (SSSR count). The van der Waals surface area contributed by atoms with E-state index in [1.54, 1.807) is 30.3 Å². The van der Waals surface area contributed by atoms with Crippen LogP contribution in [-0.4, -0.2) is 30.2 Å². The number of hydrogen-bond donors (Lipinski definition) is 1. The highest BCUT2D eigenvalue weighted by Crippen LogP contribution is 2.18. The summed E-state index contributed by atoms with van der Waals surface area (Å²) >= 11 is 1.30. The first kappa shape index (κ1) is 16.5. The fraction of sp³-hybridized carbons (Fsp3) is 0.312. The van der Waals surface area contributed by atoms with Crippen LogP contribution in [-0.2, 0) is 0 Å². The Kier molecular flexibility index (Phi) is 6.36. The molecule has 22 heavy (non-hydrogen) atoms. The van der Waals surface area contributed by atoms with Gasteiger partial charge in [0.15, 0.2) is 6.20 Å². The van der Waals surface area contributed by atoms with E-state index in [0.717, 1.165) is 10.5 Å². The van der Waals surface area contributed by atoms with Crippen LogP contribution in [0.4, 0.5) is 0 Å². The van der Waals surface area contributed by atoms with Crippen molar-refractivity contribution in [2.75, 3.05) is 19.0 Å². The van der Waals surface area contributed by atoms with Crippen LogP contribution in [0.5, 0.6) is 11.5 Å². The fourth-order valence-electron chi connectivity index (χ4n) is 1.75. The number of benzene rings is 1. The van der Waals surface area contributed by atoms with Gasteiger partial charge in [-0.2, -0.15) is 4.73 Å². The lowest BCUT2D eigenvalue weighted by molar-refractivity contribution is -0.645. The van der Waals surface area contributed by atoms with Crippen molar-refractivity contribution >= 4 is 11.8 Å². The van der Waals surface area contributed by atoms with Crippen LogP contribution < -0.4 is 14.2 Å². The third kappa shape index (κ3) is 5.13. The van der Waals surface area contributed by atoms with Crippen molar-refractivity contribution in [3.05, 3.63) is 53.9 Å². The number of aromatic nitrogens is 1. The van der Waals surface area contributed by atoms with Gasteiger partial charge in [-0.1, -0.05) is 11.8 Å². The molecule has 1 aromatic heterocycles. The Bertz CT molecular complexity index is 577. The van der Waals surface area contributed by atoms with Crippen LogP contribution in [0.1, 0.15) is 6.92 Å². The van der Waals surface area contributed by atoms with Crippen molar-refractivity contribution in [2.45, 2.75) is 18.1 Å². The topological polar surface area (TPSA) is 65.6 Å². The summed E-state index contributed by atoms with van der Waals surface area (Å²) in [6.45, 7) is 2.72. The molecule has 0 aliphatic rings. The predicted octanol–water partition coefficient (Wildman–Crippen LogP) is 2.25. The van der Waals surface area contributed by atoms with Gasteiger partial charge in [0, 0.05) is 17.9 Å². The molecule has 1 aromatic carbocycles. The third-order valence-corrected chi connectivity index (χ3v) is 3.95. The minimum absolute atomic E-state index is 0.173. The lowest BCUT2D eigenvalue weighted by Crippen LogP contribution is -2.29. The molecule has 1 N–H and O–H groups in total. The second-order valence-electron chi connectivity index (χ2n) is 4.54. The molecule has 5 nitrogen and oxygen atoms in total. The monoisotopic (exact) mass is 321 g/mol. The number of aliphatic hydroxyl groups excluding tert-OH is 1. The summed E-state index contributed by atoms with van der Waals surface area (Å²) in [6, 6.07) is 12.4. The van der Waals surface area contributed by atoms with Gasteiger partial charge >= 0.3 is 0 Å².